The molecule has 0 aliphatic heterocycles. The summed E-state index contributed by atoms with van der Waals surface area (Å²) in [4.78, 5) is 23.0. The van der Waals surface area contributed by atoms with Crippen molar-refractivity contribution in [2.75, 3.05) is 13.1 Å². The smallest absolute Gasteiger partial charge is 0.239 e. The predicted octanol–water partition coefficient (Wildman–Crippen LogP) is 0.916. The van der Waals surface area contributed by atoms with Gasteiger partial charge in [0, 0.05) is 24.4 Å². The average Bonchev–Trinajstić information content (AvgIpc) is 2.52. The molecule has 0 radical (unpaired) electrons. The van der Waals surface area contributed by atoms with E-state index in [4.69, 9.17) is 0 Å². The number of amides is 2. The van der Waals surface area contributed by atoms with Gasteiger partial charge in [0.15, 0.2) is 0 Å². The van der Waals surface area contributed by atoms with E-state index in [-0.39, 0.29) is 31.5 Å². The first-order valence-corrected chi connectivity index (χ1v) is 9.53. The van der Waals surface area contributed by atoms with Gasteiger partial charge in [0.2, 0.25) is 21.8 Å². The molecule has 0 spiro atoms. The van der Waals surface area contributed by atoms with Gasteiger partial charge < -0.3 is 10.6 Å². The third-order valence-electron chi connectivity index (χ3n) is 3.07. The van der Waals surface area contributed by atoms with Gasteiger partial charge in [0.1, 0.15) is 0 Å². The Hall–Kier alpha value is -2.19. The molecule has 0 aliphatic rings. The van der Waals surface area contributed by atoms with E-state index >= 15 is 0 Å². The van der Waals surface area contributed by atoms with Crippen molar-refractivity contribution in [1.82, 2.24) is 15.4 Å². The van der Waals surface area contributed by atoms with Crippen molar-refractivity contribution in [2.45, 2.75) is 33.2 Å². The van der Waals surface area contributed by atoms with Crippen molar-refractivity contribution < 1.29 is 18.0 Å². The Morgan fingerprint density at radius 1 is 1.12 bits per heavy atom. The van der Waals surface area contributed by atoms with Crippen molar-refractivity contribution in [3.05, 3.63) is 40.8 Å². The summed E-state index contributed by atoms with van der Waals surface area (Å²) in [5.74, 6) is -0.686. The lowest BCUT2D eigenvalue weighted by Crippen LogP contribution is -2.40. The molecule has 25 heavy (non-hydrogen) atoms. The zero-order chi connectivity index (χ0) is 18.9. The number of carbonyl (C=O) groups excluding carboxylic acids is 2. The highest BCUT2D eigenvalue weighted by molar-refractivity contribution is 7.92. The molecule has 3 N–H and O–H groups in total. The summed E-state index contributed by atoms with van der Waals surface area (Å²) in [7, 11) is -3.62. The maximum Gasteiger partial charge on any atom is 0.239 e. The number of sulfonamides is 1. The Labute approximate surface area is 148 Å². The molecule has 2 amide bonds. The summed E-state index contributed by atoms with van der Waals surface area (Å²) in [5.41, 5.74) is 1.86. The van der Waals surface area contributed by atoms with Crippen molar-refractivity contribution in [2.24, 2.45) is 0 Å². The highest BCUT2D eigenvalue weighted by atomic mass is 32.2. The third kappa shape index (κ3) is 9.63. The summed E-state index contributed by atoms with van der Waals surface area (Å²) >= 11 is 0. The average molecular weight is 367 g/mol. The molecule has 0 unspecified atom stereocenters. The van der Waals surface area contributed by atoms with Crippen LogP contribution >= 0.6 is 0 Å². The number of nitrogens with one attached hydrogen (secondary N) is 3. The SMILES string of the molecule is Cc1ccc(/C=C/S(=O)(=O)NCCC(=O)NCC(=O)NC(C)C)cc1. The fourth-order valence-corrected chi connectivity index (χ4v) is 2.66. The van der Waals surface area contributed by atoms with Crippen LogP contribution in [0.4, 0.5) is 0 Å². The predicted molar refractivity (Wildman–Crippen MR) is 98.0 cm³/mol. The van der Waals surface area contributed by atoms with Gasteiger partial charge in [-0.05, 0) is 32.4 Å². The molecular weight excluding hydrogens is 342 g/mol. The Morgan fingerprint density at radius 2 is 1.76 bits per heavy atom. The highest BCUT2D eigenvalue weighted by Gasteiger charge is 2.09. The fourth-order valence-electron chi connectivity index (χ4n) is 1.84. The van der Waals surface area contributed by atoms with E-state index in [1.807, 2.05) is 45.0 Å². The van der Waals surface area contributed by atoms with E-state index in [1.54, 1.807) is 0 Å². The molecule has 0 heterocycles. The van der Waals surface area contributed by atoms with Gasteiger partial charge >= 0.3 is 0 Å². The van der Waals surface area contributed by atoms with Gasteiger partial charge in [-0.2, -0.15) is 0 Å². The van der Waals surface area contributed by atoms with Crippen LogP contribution in [0.25, 0.3) is 6.08 Å². The van der Waals surface area contributed by atoms with Crippen LogP contribution in [-0.2, 0) is 19.6 Å². The molecule has 0 bridgehead atoms. The number of aryl methyl sites for hydroxylation is 1. The minimum Gasteiger partial charge on any atom is -0.352 e. The minimum atomic E-state index is -3.62. The van der Waals surface area contributed by atoms with Crippen LogP contribution in [0.2, 0.25) is 0 Å². The van der Waals surface area contributed by atoms with Gasteiger partial charge in [-0.1, -0.05) is 29.8 Å². The molecule has 8 heteroatoms. The van der Waals surface area contributed by atoms with E-state index in [2.05, 4.69) is 15.4 Å². The summed E-state index contributed by atoms with van der Waals surface area (Å²) in [6.07, 6.45) is 1.44. The van der Waals surface area contributed by atoms with E-state index in [1.165, 1.54) is 6.08 Å². The highest BCUT2D eigenvalue weighted by Crippen LogP contribution is 2.06. The van der Waals surface area contributed by atoms with Gasteiger partial charge in [0.25, 0.3) is 0 Å². The maximum absolute atomic E-state index is 11.8. The summed E-state index contributed by atoms with van der Waals surface area (Å²) in [6, 6.07) is 7.41. The Bertz CT molecular complexity index is 710. The lowest BCUT2D eigenvalue weighted by Gasteiger charge is -2.09. The van der Waals surface area contributed by atoms with E-state index < -0.39 is 15.9 Å². The monoisotopic (exact) mass is 367 g/mol. The van der Waals surface area contributed by atoms with Gasteiger partial charge in [-0.15, -0.1) is 0 Å². The van der Waals surface area contributed by atoms with E-state index in [0.29, 0.717) is 0 Å². The molecule has 0 saturated heterocycles. The zero-order valence-corrected chi connectivity index (χ0v) is 15.5. The lowest BCUT2D eigenvalue weighted by molar-refractivity contribution is -0.126. The second-order valence-electron chi connectivity index (χ2n) is 5.90. The zero-order valence-electron chi connectivity index (χ0n) is 14.7. The van der Waals surface area contributed by atoms with Crippen LogP contribution < -0.4 is 15.4 Å². The second-order valence-corrected chi connectivity index (χ2v) is 7.55. The topological polar surface area (TPSA) is 104 Å². The molecule has 7 nitrogen and oxygen atoms in total. The summed E-state index contributed by atoms with van der Waals surface area (Å²) in [6.45, 7) is 5.41. The van der Waals surface area contributed by atoms with Crippen LogP contribution in [0.5, 0.6) is 0 Å². The Balaban J connectivity index is 2.35. The van der Waals surface area contributed by atoms with Gasteiger partial charge in [-0.25, -0.2) is 13.1 Å². The molecule has 0 atom stereocenters. The molecule has 1 rings (SSSR count). The van der Waals surface area contributed by atoms with Crippen molar-refractivity contribution >= 4 is 27.9 Å². The Kier molecular flexibility index (Phi) is 8.30. The molecule has 1 aromatic rings. The molecule has 0 saturated carbocycles. The standard InChI is InChI=1S/C17H25N3O4S/c1-13(2)20-17(22)12-18-16(21)8-10-19-25(23,24)11-9-15-6-4-14(3)5-7-15/h4-7,9,11,13,19H,8,10,12H2,1-3H3,(H,18,21)(H,20,22)/b11-9+. The summed E-state index contributed by atoms with van der Waals surface area (Å²) < 4.78 is 26.0. The third-order valence-corrected chi connectivity index (χ3v) is 4.17. The first kappa shape index (κ1) is 20.9. The van der Waals surface area contributed by atoms with Crippen molar-refractivity contribution in [3.8, 4) is 0 Å². The van der Waals surface area contributed by atoms with Crippen LogP contribution in [0.1, 0.15) is 31.4 Å². The van der Waals surface area contributed by atoms with Crippen LogP contribution in [0.3, 0.4) is 0 Å². The maximum atomic E-state index is 11.8. The van der Waals surface area contributed by atoms with Crippen molar-refractivity contribution in [1.29, 1.82) is 0 Å². The molecular formula is C17H25N3O4S. The van der Waals surface area contributed by atoms with Gasteiger partial charge in [-0.3, -0.25) is 9.59 Å². The number of carbonyl (C=O) groups is 2. The molecule has 1 aromatic carbocycles. The summed E-state index contributed by atoms with van der Waals surface area (Å²) in [5, 5.41) is 6.13. The Morgan fingerprint density at radius 3 is 2.36 bits per heavy atom. The quantitative estimate of drug-likeness (QED) is 0.603. The second kappa shape index (κ2) is 9.95. The number of hydrogen-bond donors (Lipinski definition) is 3. The minimum absolute atomic E-state index is 0.00321. The molecule has 0 aromatic heterocycles. The van der Waals surface area contributed by atoms with Crippen LogP contribution in [-0.4, -0.2) is 39.4 Å². The largest absolute Gasteiger partial charge is 0.352 e. The van der Waals surface area contributed by atoms with E-state index in [9.17, 15) is 18.0 Å². The normalized spacial score (nSPS) is 11.7. The number of rotatable bonds is 9. The first-order valence-electron chi connectivity index (χ1n) is 7.98. The molecule has 0 aliphatic carbocycles. The molecule has 138 valence electrons. The molecule has 0 fully saturated rings. The van der Waals surface area contributed by atoms with E-state index in [0.717, 1.165) is 16.5 Å². The number of benzene rings is 1. The van der Waals surface area contributed by atoms with Crippen molar-refractivity contribution in [3.63, 3.8) is 0 Å². The fraction of sp³-hybridized carbons (Fsp3) is 0.412. The first-order chi connectivity index (χ1) is 11.7. The van der Waals surface area contributed by atoms with Crippen LogP contribution in [0, 0.1) is 6.92 Å². The van der Waals surface area contributed by atoms with Gasteiger partial charge in [0.05, 0.1) is 6.54 Å². The number of hydrogen-bond acceptors (Lipinski definition) is 4. The lowest BCUT2D eigenvalue weighted by atomic mass is 10.2. The van der Waals surface area contributed by atoms with Crippen LogP contribution in [0.15, 0.2) is 29.7 Å².